The number of hydrogen-bond donors (Lipinski definition) is 1. The van der Waals surface area contributed by atoms with Gasteiger partial charge in [-0.15, -0.1) is 0 Å². The van der Waals surface area contributed by atoms with Crippen molar-refractivity contribution in [3.05, 3.63) is 0 Å². The Labute approximate surface area is 85.2 Å². The van der Waals surface area contributed by atoms with Crippen LogP contribution in [0.5, 0.6) is 0 Å². The van der Waals surface area contributed by atoms with E-state index in [2.05, 4.69) is 0 Å². The first-order valence-corrected chi connectivity index (χ1v) is 4.97. The van der Waals surface area contributed by atoms with Gasteiger partial charge in [0.05, 0.1) is 18.6 Å². The lowest BCUT2D eigenvalue weighted by Crippen LogP contribution is -2.30. The predicted octanol–water partition coefficient (Wildman–Crippen LogP) is 1.12. The molecule has 1 N–H and O–H groups in total. The van der Waals surface area contributed by atoms with Crippen LogP contribution in [0.3, 0.4) is 0 Å². The Morgan fingerprint density at radius 2 is 2.00 bits per heavy atom. The molecule has 0 heterocycles. The average Bonchev–Trinajstić information content (AvgIpc) is 2.03. The van der Waals surface area contributed by atoms with E-state index in [-0.39, 0.29) is 12.4 Å². The fraction of sp³-hybridized carbons (Fsp3) is 0.900. The second-order valence-corrected chi connectivity index (χ2v) is 3.43. The molecule has 0 aliphatic carbocycles. The summed E-state index contributed by atoms with van der Waals surface area (Å²) in [5.41, 5.74) is -1.03. The van der Waals surface area contributed by atoms with Crippen LogP contribution in [-0.2, 0) is 14.3 Å². The zero-order valence-corrected chi connectivity index (χ0v) is 9.21. The van der Waals surface area contributed by atoms with Gasteiger partial charge in [-0.3, -0.25) is 4.79 Å². The third-order valence-electron chi connectivity index (χ3n) is 1.82. The van der Waals surface area contributed by atoms with Crippen LogP contribution >= 0.6 is 0 Å². The molecule has 0 radical (unpaired) electrons. The summed E-state index contributed by atoms with van der Waals surface area (Å²) in [5.74, 6) is -0.367. The molecule has 1 unspecified atom stereocenters. The molecular formula is C10H20O4. The molecule has 0 aliphatic heterocycles. The molecule has 0 aromatic heterocycles. The van der Waals surface area contributed by atoms with Crippen LogP contribution in [0.2, 0.25) is 0 Å². The van der Waals surface area contributed by atoms with Gasteiger partial charge >= 0.3 is 5.97 Å². The molecule has 1 atom stereocenters. The third-order valence-corrected chi connectivity index (χ3v) is 1.82. The van der Waals surface area contributed by atoms with Crippen molar-refractivity contribution in [2.75, 3.05) is 19.8 Å². The Kier molecular flexibility index (Phi) is 6.49. The van der Waals surface area contributed by atoms with Gasteiger partial charge in [-0.25, -0.2) is 0 Å². The molecule has 84 valence electrons. The van der Waals surface area contributed by atoms with Crippen LogP contribution in [0, 0.1) is 0 Å². The zero-order chi connectivity index (χ0) is 11.0. The standard InChI is InChI=1S/C10H20O4/c1-4-13-7-6-10(3,12)8-9(11)14-5-2/h12H,4-8H2,1-3H3. The molecule has 0 saturated heterocycles. The molecule has 0 aliphatic rings. The summed E-state index contributed by atoms with van der Waals surface area (Å²) in [6.45, 7) is 6.68. The average molecular weight is 204 g/mol. The quantitative estimate of drug-likeness (QED) is 0.498. The smallest absolute Gasteiger partial charge is 0.308 e. The third kappa shape index (κ3) is 6.86. The van der Waals surface area contributed by atoms with E-state index >= 15 is 0 Å². The second kappa shape index (κ2) is 6.79. The number of carbonyl (C=O) groups excluding carboxylic acids is 1. The molecule has 0 rings (SSSR count). The van der Waals surface area contributed by atoms with E-state index in [1.165, 1.54) is 0 Å². The van der Waals surface area contributed by atoms with Crippen molar-refractivity contribution in [1.82, 2.24) is 0 Å². The van der Waals surface area contributed by atoms with E-state index < -0.39 is 5.60 Å². The lowest BCUT2D eigenvalue weighted by molar-refractivity contribution is -0.148. The van der Waals surface area contributed by atoms with Crippen molar-refractivity contribution in [3.63, 3.8) is 0 Å². The van der Waals surface area contributed by atoms with E-state index in [9.17, 15) is 9.90 Å². The summed E-state index contributed by atoms with van der Waals surface area (Å²) in [5, 5.41) is 9.76. The van der Waals surface area contributed by atoms with Crippen LogP contribution in [-0.4, -0.2) is 36.5 Å². The molecular weight excluding hydrogens is 184 g/mol. The number of rotatable bonds is 7. The number of aliphatic hydroxyl groups is 1. The molecule has 0 aromatic carbocycles. The minimum Gasteiger partial charge on any atom is -0.466 e. The van der Waals surface area contributed by atoms with Gasteiger partial charge < -0.3 is 14.6 Å². The first-order valence-electron chi connectivity index (χ1n) is 4.97. The molecule has 4 heteroatoms. The predicted molar refractivity (Wildman–Crippen MR) is 53.0 cm³/mol. The van der Waals surface area contributed by atoms with Gasteiger partial charge in [-0.2, -0.15) is 0 Å². The molecule has 4 nitrogen and oxygen atoms in total. The van der Waals surface area contributed by atoms with Crippen molar-refractivity contribution < 1.29 is 19.4 Å². The summed E-state index contributed by atoms with van der Waals surface area (Å²) in [4.78, 5) is 11.1. The number of ether oxygens (including phenoxy) is 2. The number of carbonyl (C=O) groups is 1. The largest absolute Gasteiger partial charge is 0.466 e. The van der Waals surface area contributed by atoms with Crippen LogP contribution in [0.25, 0.3) is 0 Å². The van der Waals surface area contributed by atoms with E-state index in [1.807, 2.05) is 6.92 Å². The van der Waals surface area contributed by atoms with E-state index in [0.29, 0.717) is 26.2 Å². The van der Waals surface area contributed by atoms with Crippen molar-refractivity contribution in [1.29, 1.82) is 0 Å². The highest BCUT2D eigenvalue weighted by Crippen LogP contribution is 2.15. The molecule has 0 amide bonds. The van der Waals surface area contributed by atoms with Crippen LogP contribution < -0.4 is 0 Å². The van der Waals surface area contributed by atoms with E-state index in [0.717, 1.165) is 0 Å². The highest BCUT2D eigenvalue weighted by molar-refractivity contribution is 5.70. The second-order valence-electron chi connectivity index (χ2n) is 3.43. The van der Waals surface area contributed by atoms with Gasteiger partial charge in [0.15, 0.2) is 0 Å². The zero-order valence-electron chi connectivity index (χ0n) is 9.21. The minimum atomic E-state index is -1.03. The SMILES string of the molecule is CCOCCC(C)(O)CC(=O)OCC. The van der Waals surface area contributed by atoms with Gasteiger partial charge in [0.2, 0.25) is 0 Å². The molecule has 0 aromatic rings. The summed E-state index contributed by atoms with van der Waals surface area (Å²) in [6, 6.07) is 0. The molecule has 0 fully saturated rings. The maximum Gasteiger partial charge on any atom is 0.308 e. The maximum absolute atomic E-state index is 11.1. The Bertz CT molecular complexity index is 166. The fourth-order valence-corrected chi connectivity index (χ4v) is 1.05. The normalized spacial score (nSPS) is 14.9. The van der Waals surface area contributed by atoms with Crippen molar-refractivity contribution in [2.45, 2.75) is 39.2 Å². The van der Waals surface area contributed by atoms with Gasteiger partial charge in [0, 0.05) is 13.2 Å². The molecule has 0 saturated carbocycles. The fourth-order valence-electron chi connectivity index (χ4n) is 1.05. The highest BCUT2D eigenvalue weighted by atomic mass is 16.5. The lowest BCUT2D eigenvalue weighted by atomic mass is 9.99. The van der Waals surface area contributed by atoms with Crippen LogP contribution in [0.4, 0.5) is 0 Å². The molecule has 0 bridgehead atoms. The van der Waals surface area contributed by atoms with Gasteiger partial charge in [0.1, 0.15) is 0 Å². The minimum absolute atomic E-state index is 0.0217. The Balaban J connectivity index is 3.75. The topological polar surface area (TPSA) is 55.8 Å². The van der Waals surface area contributed by atoms with Crippen molar-refractivity contribution >= 4 is 5.97 Å². The first-order chi connectivity index (χ1) is 6.52. The Morgan fingerprint density at radius 3 is 2.50 bits per heavy atom. The molecule has 0 spiro atoms. The summed E-state index contributed by atoms with van der Waals surface area (Å²) >= 11 is 0. The van der Waals surface area contributed by atoms with Crippen molar-refractivity contribution in [2.24, 2.45) is 0 Å². The number of esters is 1. The first kappa shape index (κ1) is 13.4. The summed E-state index contributed by atoms with van der Waals surface area (Å²) in [7, 11) is 0. The number of hydrogen-bond acceptors (Lipinski definition) is 4. The maximum atomic E-state index is 11.1. The van der Waals surface area contributed by atoms with E-state index in [4.69, 9.17) is 9.47 Å². The summed E-state index contributed by atoms with van der Waals surface area (Å²) < 4.78 is 9.84. The van der Waals surface area contributed by atoms with Crippen molar-refractivity contribution in [3.8, 4) is 0 Å². The van der Waals surface area contributed by atoms with E-state index in [1.54, 1.807) is 13.8 Å². The highest BCUT2D eigenvalue weighted by Gasteiger charge is 2.24. The van der Waals surface area contributed by atoms with Gasteiger partial charge in [0.25, 0.3) is 0 Å². The van der Waals surface area contributed by atoms with Gasteiger partial charge in [-0.05, 0) is 27.2 Å². The Morgan fingerprint density at radius 1 is 1.36 bits per heavy atom. The molecule has 14 heavy (non-hydrogen) atoms. The monoisotopic (exact) mass is 204 g/mol. The lowest BCUT2D eigenvalue weighted by Gasteiger charge is -2.21. The van der Waals surface area contributed by atoms with Crippen LogP contribution in [0.1, 0.15) is 33.6 Å². The Hall–Kier alpha value is -0.610. The van der Waals surface area contributed by atoms with Crippen LogP contribution in [0.15, 0.2) is 0 Å². The van der Waals surface area contributed by atoms with Gasteiger partial charge in [-0.1, -0.05) is 0 Å². The summed E-state index contributed by atoms with van der Waals surface area (Å²) in [6.07, 6.45) is 0.466.